The molecule has 19 heavy (non-hydrogen) atoms. The third-order valence-electron chi connectivity index (χ3n) is 3.24. The Kier molecular flexibility index (Phi) is 5.82. The lowest BCUT2D eigenvalue weighted by Gasteiger charge is -2.21. The number of benzene rings is 1. The third kappa shape index (κ3) is 5.20. The van der Waals surface area contributed by atoms with Crippen LogP contribution in [0, 0.1) is 0 Å². The SMILES string of the molecule is CCN(CCS(=O)(=O)C(C)C)Cc1ccc(N)cc1. The Morgan fingerprint density at radius 1 is 1.21 bits per heavy atom. The van der Waals surface area contributed by atoms with Crippen LogP contribution in [0.5, 0.6) is 0 Å². The van der Waals surface area contributed by atoms with Gasteiger partial charge in [-0.15, -0.1) is 0 Å². The van der Waals surface area contributed by atoms with Crippen LogP contribution in [0.15, 0.2) is 24.3 Å². The first-order valence-corrected chi connectivity index (χ1v) is 8.35. The van der Waals surface area contributed by atoms with Crippen molar-refractivity contribution in [1.29, 1.82) is 0 Å². The van der Waals surface area contributed by atoms with Gasteiger partial charge in [0.15, 0.2) is 9.84 Å². The maximum absolute atomic E-state index is 11.8. The molecule has 0 unspecified atom stereocenters. The van der Waals surface area contributed by atoms with E-state index in [9.17, 15) is 8.42 Å². The number of hydrogen-bond donors (Lipinski definition) is 1. The normalized spacial score (nSPS) is 12.3. The molecule has 0 aromatic heterocycles. The van der Waals surface area contributed by atoms with Crippen molar-refractivity contribution in [2.24, 2.45) is 0 Å². The van der Waals surface area contributed by atoms with E-state index in [1.165, 1.54) is 0 Å². The van der Waals surface area contributed by atoms with Gasteiger partial charge in [0.25, 0.3) is 0 Å². The largest absolute Gasteiger partial charge is 0.399 e. The second-order valence-corrected chi connectivity index (χ2v) is 7.70. The van der Waals surface area contributed by atoms with E-state index < -0.39 is 9.84 Å². The molecule has 0 fully saturated rings. The van der Waals surface area contributed by atoms with Gasteiger partial charge in [-0.1, -0.05) is 19.1 Å². The molecule has 1 aromatic rings. The van der Waals surface area contributed by atoms with Crippen LogP contribution in [0.4, 0.5) is 5.69 Å². The zero-order valence-electron chi connectivity index (χ0n) is 12.0. The molecule has 0 bridgehead atoms. The van der Waals surface area contributed by atoms with E-state index in [4.69, 9.17) is 5.73 Å². The predicted molar refractivity (Wildman–Crippen MR) is 80.7 cm³/mol. The van der Waals surface area contributed by atoms with Crippen LogP contribution in [0.25, 0.3) is 0 Å². The van der Waals surface area contributed by atoms with Crippen molar-refractivity contribution in [1.82, 2.24) is 4.90 Å². The van der Waals surface area contributed by atoms with E-state index in [1.807, 2.05) is 31.2 Å². The molecule has 1 rings (SSSR count). The highest BCUT2D eigenvalue weighted by Gasteiger charge is 2.17. The van der Waals surface area contributed by atoms with E-state index in [0.29, 0.717) is 6.54 Å². The van der Waals surface area contributed by atoms with Crippen molar-refractivity contribution < 1.29 is 8.42 Å². The summed E-state index contributed by atoms with van der Waals surface area (Å²) in [6.07, 6.45) is 0. The van der Waals surface area contributed by atoms with Crippen molar-refractivity contribution in [2.75, 3.05) is 24.6 Å². The van der Waals surface area contributed by atoms with Crippen molar-refractivity contribution in [3.8, 4) is 0 Å². The number of sulfone groups is 1. The lowest BCUT2D eigenvalue weighted by atomic mass is 10.2. The highest BCUT2D eigenvalue weighted by atomic mass is 32.2. The van der Waals surface area contributed by atoms with E-state index in [1.54, 1.807) is 13.8 Å². The summed E-state index contributed by atoms with van der Waals surface area (Å²) >= 11 is 0. The molecule has 1 aromatic carbocycles. The van der Waals surface area contributed by atoms with Gasteiger partial charge in [0.05, 0.1) is 11.0 Å². The van der Waals surface area contributed by atoms with Gasteiger partial charge >= 0.3 is 0 Å². The zero-order chi connectivity index (χ0) is 14.5. The quantitative estimate of drug-likeness (QED) is 0.777. The number of nitrogens with two attached hydrogens (primary N) is 1. The molecule has 0 aliphatic carbocycles. The van der Waals surface area contributed by atoms with Crippen LogP contribution in [0.3, 0.4) is 0 Å². The van der Waals surface area contributed by atoms with E-state index in [0.717, 1.165) is 24.3 Å². The minimum atomic E-state index is -2.96. The zero-order valence-corrected chi connectivity index (χ0v) is 12.8. The summed E-state index contributed by atoms with van der Waals surface area (Å²) in [7, 11) is -2.96. The second kappa shape index (κ2) is 6.91. The highest BCUT2D eigenvalue weighted by Crippen LogP contribution is 2.09. The minimum Gasteiger partial charge on any atom is -0.399 e. The Morgan fingerprint density at radius 2 is 1.79 bits per heavy atom. The molecule has 0 atom stereocenters. The first-order chi connectivity index (χ1) is 8.85. The Bertz CT molecular complexity index is 481. The summed E-state index contributed by atoms with van der Waals surface area (Å²) in [5.41, 5.74) is 7.54. The summed E-state index contributed by atoms with van der Waals surface area (Å²) in [5, 5.41) is -0.303. The molecular formula is C14H24N2O2S. The summed E-state index contributed by atoms with van der Waals surface area (Å²) < 4.78 is 23.6. The lowest BCUT2D eigenvalue weighted by Crippen LogP contribution is -2.31. The van der Waals surface area contributed by atoms with E-state index in [-0.39, 0.29) is 11.0 Å². The molecule has 0 saturated carbocycles. The number of anilines is 1. The van der Waals surface area contributed by atoms with E-state index >= 15 is 0 Å². The Morgan fingerprint density at radius 3 is 2.26 bits per heavy atom. The van der Waals surface area contributed by atoms with Crippen molar-refractivity contribution in [2.45, 2.75) is 32.6 Å². The molecule has 108 valence electrons. The topological polar surface area (TPSA) is 63.4 Å². The fraction of sp³-hybridized carbons (Fsp3) is 0.571. The molecule has 0 radical (unpaired) electrons. The average Bonchev–Trinajstić information content (AvgIpc) is 2.36. The van der Waals surface area contributed by atoms with Crippen molar-refractivity contribution in [3.63, 3.8) is 0 Å². The smallest absolute Gasteiger partial charge is 0.153 e. The summed E-state index contributed by atoms with van der Waals surface area (Å²) in [6.45, 7) is 7.65. The van der Waals surface area contributed by atoms with Crippen molar-refractivity contribution in [3.05, 3.63) is 29.8 Å². The maximum atomic E-state index is 11.8. The van der Waals surface area contributed by atoms with Crippen LogP contribution in [-0.4, -0.2) is 37.4 Å². The molecule has 4 nitrogen and oxygen atoms in total. The Balaban J connectivity index is 2.57. The fourth-order valence-corrected chi connectivity index (χ4v) is 2.71. The van der Waals surface area contributed by atoms with Crippen LogP contribution in [0.2, 0.25) is 0 Å². The Hall–Kier alpha value is -1.07. The van der Waals surface area contributed by atoms with Gasteiger partial charge in [-0.05, 0) is 38.1 Å². The lowest BCUT2D eigenvalue weighted by molar-refractivity contribution is 0.296. The molecule has 0 spiro atoms. The first kappa shape index (κ1) is 16.0. The van der Waals surface area contributed by atoms with Crippen LogP contribution in [-0.2, 0) is 16.4 Å². The minimum absolute atomic E-state index is 0.216. The number of nitrogens with zero attached hydrogens (tertiary/aromatic N) is 1. The van der Waals surface area contributed by atoms with E-state index in [2.05, 4.69) is 4.90 Å². The second-order valence-electron chi connectivity index (χ2n) is 5.03. The van der Waals surface area contributed by atoms with Gasteiger partial charge in [-0.2, -0.15) is 0 Å². The fourth-order valence-electron chi connectivity index (χ4n) is 1.72. The molecule has 0 saturated heterocycles. The Labute approximate surface area is 116 Å². The molecule has 0 amide bonds. The molecule has 0 aliphatic heterocycles. The standard InChI is InChI=1S/C14H24N2O2S/c1-4-16(9-10-19(17,18)12(2)3)11-13-5-7-14(15)8-6-13/h5-8,12H,4,9-11,15H2,1-3H3. The average molecular weight is 284 g/mol. The van der Waals surface area contributed by atoms with Crippen molar-refractivity contribution >= 4 is 15.5 Å². The number of nitrogen functional groups attached to an aromatic ring is 1. The van der Waals surface area contributed by atoms with Gasteiger partial charge in [0.1, 0.15) is 0 Å². The van der Waals surface area contributed by atoms with Gasteiger partial charge < -0.3 is 5.73 Å². The molecule has 2 N–H and O–H groups in total. The highest BCUT2D eigenvalue weighted by molar-refractivity contribution is 7.92. The van der Waals surface area contributed by atoms with Gasteiger partial charge in [0, 0.05) is 18.8 Å². The molecule has 0 aliphatic rings. The van der Waals surface area contributed by atoms with Crippen LogP contribution >= 0.6 is 0 Å². The van der Waals surface area contributed by atoms with Gasteiger partial charge in [-0.3, -0.25) is 4.90 Å². The number of rotatable bonds is 7. The summed E-state index contributed by atoms with van der Waals surface area (Å²) in [4.78, 5) is 2.13. The first-order valence-electron chi connectivity index (χ1n) is 6.63. The third-order valence-corrected chi connectivity index (χ3v) is 5.43. The van der Waals surface area contributed by atoms with Crippen LogP contribution in [0.1, 0.15) is 26.3 Å². The monoisotopic (exact) mass is 284 g/mol. The maximum Gasteiger partial charge on any atom is 0.153 e. The summed E-state index contributed by atoms with van der Waals surface area (Å²) in [5.74, 6) is 0.216. The molecular weight excluding hydrogens is 260 g/mol. The van der Waals surface area contributed by atoms with Crippen LogP contribution < -0.4 is 5.73 Å². The predicted octanol–water partition coefficient (Wildman–Crippen LogP) is 1.91. The molecule has 0 heterocycles. The van der Waals surface area contributed by atoms with Gasteiger partial charge in [-0.25, -0.2) is 8.42 Å². The molecule has 5 heteroatoms. The number of hydrogen-bond acceptors (Lipinski definition) is 4. The summed E-state index contributed by atoms with van der Waals surface area (Å²) in [6, 6.07) is 7.70. The van der Waals surface area contributed by atoms with Gasteiger partial charge in [0.2, 0.25) is 0 Å².